The van der Waals surface area contributed by atoms with Crippen molar-refractivity contribution in [2.24, 2.45) is 0 Å². The van der Waals surface area contributed by atoms with E-state index in [0.717, 1.165) is 16.8 Å². The van der Waals surface area contributed by atoms with E-state index in [1.807, 2.05) is 50.2 Å². The molecule has 0 bridgehead atoms. The van der Waals surface area contributed by atoms with Gasteiger partial charge in [0.15, 0.2) is 0 Å². The van der Waals surface area contributed by atoms with Crippen molar-refractivity contribution in [2.45, 2.75) is 33.3 Å². The van der Waals surface area contributed by atoms with E-state index in [9.17, 15) is 14.4 Å². The molecule has 0 aliphatic rings. The van der Waals surface area contributed by atoms with E-state index >= 15 is 0 Å². The van der Waals surface area contributed by atoms with Gasteiger partial charge in [-0.25, -0.2) is 4.98 Å². The molecular formula is C24H25N3O4S. The molecule has 0 aliphatic heterocycles. The summed E-state index contributed by atoms with van der Waals surface area (Å²) in [5, 5.41) is 7.96. The molecule has 0 saturated heterocycles. The lowest BCUT2D eigenvalue weighted by Gasteiger charge is -2.07. The molecule has 2 aromatic carbocycles. The van der Waals surface area contributed by atoms with Crippen LogP contribution in [0, 0.1) is 13.8 Å². The number of hydrogen-bond acceptors (Lipinski definition) is 6. The van der Waals surface area contributed by atoms with Crippen molar-refractivity contribution in [3.63, 3.8) is 0 Å². The Bertz CT molecular complexity index is 1090. The molecule has 3 aromatic rings. The van der Waals surface area contributed by atoms with Crippen molar-refractivity contribution in [3.05, 3.63) is 81.3 Å². The Kier molecular flexibility index (Phi) is 8.10. The highest BCUT2D eigenvalue weighted by Gasteiger charge is 2.12. The number of aryl methyl sites for hydroxylation is 2. The van der Waals surface area contributed by atoms with E-state index in [1.165, 1.54) is 11.3 Å². The van der Waals surface area contributed by atoms with Crippen LogP contribution in [0.2, 0.25) is 0 Å². The van der Waals surface area contributed by atoms with Gasteiger partial charge in [0.2, 0.25) is 5.91 Å². The number of carbonyl (C=O) groups excluding carboxylic acids is 3. The number of ether oxygens (including phenoxy) is 1. The van der Waals surface area contributed by atoms with Gasteiger partial charge < -0.3 is 15.4 Å². The second kappa shape index (κ2) is 11.2. The number of hydrogen-bond donors (Lipinski definition) is 2. The van der Waals surface area contributed by atoms with Crippen molar-refractivity contribution in [1.29, 1.82) is 0 Å². The van der Waals surface area contributed by atoms with Crippen LogP contribution >= 0.6 is 11.3 Å². The van der Waals surface area contributed by atoms with Crippen molar-refractivity contribution in [2.75, 3.05) is 11.9 Å². The van der Waals surface area contributed by atoms with E-state index in [2.05, 4.69) is 15.6 Å². The molecule has 7 nitrogen and oxygen atoms in total. The molecule has 0 fully saturated rings. The zero-order chi connectivity index (χ0) is 22.9. The SMILES string of the molecule is Cc1ccc(NC(=O)Cc2nc(COC(=O)CCNC(=O)c3ccccc3C)cs2)cc1. The molecule has 32 heavy (non-hydrogen) atoms. The third kappa shape index (κ3) is 7.02. The fourth-order valence-electron chi connectivity index (χ4n) is 2.90. The summed E-state index contributed by atoms with van der Waals surface area (Å²) in [7, 11) is 0. The van der Waals surface area contributed by atoms with Crippen molar-refractivity contribution < 1.29 is 19.1 Å². The van der Waals surface area contributed by atoms with E-state index in [0.29, 0.717) is 16.3 Å². The monoisotopic (exact) mass is 451 g/mol. The zero-order valence-corrected chi connectivity index (χ0v) is 18.8. The van der Waals surface area contributed by atoms with Crippen LogP contribution in [-0.4, -0.2) is 29.3 Å². The standard InChI is InChI=1S/C24H25N3O4S/c1-16-7-9-18(10-8-16)26-21(28)13-22-27-19(15-32-22)14-31-23(29)11-12-25-24(30)20-6-4-3-5-17(20)2/h3-10,15H,11-14H2,1-2H3,(H,25,30)(H,26,28). The molecule has 0 saturated carbocycles. The molecule has 1 heterocycles. The molecular weight excluding hydrogens is 426 g/mol. The van der Waals surface area contributed by atoms with Crippen LogP contribution in [0.4, 0.5) is 5.69 Å². The Balaban J connectivity index is 1.37. The average molecular weight is 452 g/mol. The molecule has 166 valence electrons. The summed E-state index contributed by atoms with van der Waals surface area (Å²) >= 11 is 1.34. The molecule has 8 heteroatoms. The topological polar surface area (TPSA) is 97.4 Å². The zero-order valence-electron chi connectivity index (χ0n) is 18.0. The molecule has 3 rings (SSSR count). The summed E-state index contributed by atoms with van der Waals surface area (Å²) in [6.45, 7) is 4.06. The Labute approximate surface area is 190 Å². The normalized spacial score (nSPS) is 10.4. The maximum absolute atomic E-state index is 12.2. The summed E-state index contributed by atoms with van der Waals surface area (Å²) in [5.74, 6) is -0.804. The summed E-state index contributed by atoms with van der Waals surface area (Å²) in [6, 6.07) is 14.8. The minimum absolute atomic E-state index is 0.0284. The van der Waals surface area contributed by atoms with Crippen LogP contribution in [0.1, 0.15) is 38.6 Å². The van der Waals surface area contributed by atoms with E-state index in [1.54, 1.807) is 17.5 Å². The highest BCUT2D eigenvalue weighted by atomic mass is 32.1. The fraction of sp³-hybridized carbons (Fsp3) is 0.250. The molecule has 1 aromatic heterocycles. The predicted molar refractivity (Wildman–Crippen MR) is 124 cm³/mol. The van der Waals surface area contributed by atoms with Gasteiger partial charge in [-0.1, -0.05) is 35.9 Å². The summed E-state index contributed by atoms with van der Waals surface area (Å²) in [6.07, 6.45) is 0.213. The molecule has 2 N–H and O–H groups in total. The second-order valence-corrected chi connectivity index (χ2v) is 8.25. The van der Waals surface area contributed by atoms with Crippen LogP contribution in [0.15, 0.2) is 53.9 Å². The number of nitrogens with zero attached hydrogens (tertiary/aromatic N) is 1. The van der Waals surface area contributed by atoms with E-state index < -0.39 is 5.97 Å². The van der Waals surface area contributed by atoms with Crippen molar-refractivity contribution in [3.8, 4) is 0 Å². The Hall–Kier alpha value is -3.52. The van der Waals surface area contributed by atoms with Gasteiger partial charge in [0, 0.05) is 23.2 Å². The third-order valence-corrected chi connectivity index (χ3v) is 5.53. The molecule has 0 spiro atoms. The van der Waals surface area contributed by atoms with Gasteiger partial charge in [-0.2, -0.15) is 0 Å². The second-order valence-electron chi connectivity index (χ2n) is 7.31. The maximum Gasteiger partial charge on any atom is 0.307 e. The number of carbonyl (C=O) groups is 3. The number of amides is 2. The lowest BCUT2D eigenvalue weighted by molar-refractivity contribution is -0.144. The lowest BCUT2D eigenvalue weighted by atomic mass is 10.1. The minimum atomic E-state index is -0.429. The number of esters is 1. The van der Waals surface area contributed by atoms with Gasteiger partial charge in [0.25, 0.3) is 5.91 Å². The van der Waals surface area contributed by atoms with Gasteiger partial charge in [0.1, 0.15) is 11.6 Å². The largest absolute Gasteiger partial charge is 0.459 e. The molecule has 0 aliphatic carbocycles. The summed E-state index contributed by atoms with van der Waals surface area (Å²) < 4.78 is 5.22. The van der Waals surface area contributed by atoms with Gasteiger partial charge in [-0.3, -0.25) is 14.4 Å². The Morgan fingerprint density at radius 2 is 1.78 bits per heavy atom. The highest BCUT2D eigenvalue weighted by Crippen LogP contribution is 2.14. The fourth-order valence-corrected chi connectivity index (χ4v) is 3.68. The van der Waals surface area contributed by atoms with Gasteiger partial charge in [-0.15, -0.1) is 11.3 Å². The van der Waals surface area contributed by atoms with Crippen molar-refractivity contribution >= 4 is 34.8 Å². The first-order valence-corrected chi connectivity index (χ1v) is 11.1. The van der Waals surface area contributed by atoms with E-state index in [4.69, 9.17) is 4.74 Å². The first-order valence-electron chi connectivity index (χ1n) is 10.2. The van der Waals surface area contributed by atoms with Crippen LogP contribution in [0.25, 0.3) is 0 Å². The van der Waals surface area contributed by atoms with Gasteiger partial charge in [0.05, 0.1) is 18.5 Å². The maximum atomic E-state index is 12.2. The lowest BCUT2D eigenvalue weighted by Crippen LogP contribution is -2.27. The number of rotatable bonds is 9. The molecule has 0 unspecified atom stereocenters. The first-order chi connectivity index (χ1) is 15.4. The minimum Gasteiger partial charge on any atom is -0.459 e. The average Bonchev–Trinajstić information content (AvgIpc) is 3.21. The smallest absolute Gasteiger partial charge is 0.307 e. The predicted octanol–water partition coefficient (Wildman–Crippen LogP) is 3.80. The van der Waals surface area contributed by atoms with E-state index in [-0.39, 0.29) is 37.8 Å². The van der Waals surface area contributed by atoms with Crippen LogP contribution < -0.4 is 10.6 Å². The molecule has 2 amide bonds. The van der Waals surface area contributed by atoms with Crippen molar-refractivity contribution in [1.82, 2.24) is 10.3 Å². The first kappa shape index (κ1) is 23.1. The summed E-state index contributed by atoms with van der Waals surface area (Å²) in [5.41, 5.74) is 3.91. The Morgan fingerprint density at radius 3 is 2.53 bits per heavy atom. The summed E-state index contributed by atoms with van der Waals surface area (Å²) in [4.78, 5) is 40.6. The third-order valence-electron chi connectivity index (χ3n) is 4.63. The molecule has 0 atom stereocenters. The molecule has 0 radical (unpaired) electrons. The van der Waals surface area contributed by atoms with Crippen LogP contribution in [0.3, 0.4) is 0 Å². The van der Waals surface area contributed by atoms with Gasteiger partial charge >= 0.3 is 5.97 Å². The van der Waals surface area contributed by atoms with Crippen LogP contribution in [-0.2, 0) is 27.4 Å². The number of nitrogens with one attached hydrogen (secondary N) is 2. The quantitative estimate of drug-likeness (QED) is 0.482. The number of thiazole rings is 1. The highest BCUT2D eigenvalue weighted by molar-refractivity contribution is 7.09. The number of anilines is 1. The van der Waals surface area contributed by atoms with Gasteiger partial charge in [-0.05, 0) is 37.6 Å². The number of aromatic nitrogens is 1. The Morgan fingerprint density at radius 1 is 1.03 bits per heavy atom. The number of benzene rings is 2. The van der Waals surface area contributed by atoms with Crippen LogP contribution in [0.5, 0.6) is 0 Å².